The van der Waals surface area contributed by atoms with Crippen LogP contribution in [-0.4, -0.2) is 46.1 Å². The van der Waals surface area contributed by atoms with E-state index in [1.807, 2.05) is 39.2 Å². The van der Waals surface area contributed by atoms with E-state index in [2.05, 4.69) is 10.3 Å². The van der Waals surface area contributed by atoms with E-state index in [0.29, 0.717) is 16.5 Å². The highest BCUT2D eigenvalue weighted by molar-refractivity contribution is 7.98. The summed E-state index contributed by atoms with van der Waals surface area (Å²) in [7, 11) is 1.57. The van der Waals surface area contributed by atoms with Crippen molar-refractivity contribution >= 4 is 29.3 Å². The van der Waals surface area contributed by atoms with E-state index in [9.17, 15) is 14.0 Å². The van der Waals surface area contributed by atoms with Crippen molar-refractivity contribution in [2.75, 3.05) is 25.2 Å². The van der Waals surface area contributed by atoms with Crippen LogP contribution in [-0.2, 0) is 4.79 Å². The van der Waals surface area contributed by atoms with Gasteiger partial charge in [0.1, 0.15) is 11.5 Å². The number of imidazole rings is 1. The first kappa shape index (κ1) is 22.6. The second kappa shape index (κ2) is 9.34. The number of anilines is 1. The number of aryl methyl sites for hydroxylation is 3. The third kappa shape index (κ3) is 4.96. The van der Waals surface area contributed by atoms with E-state index in [1.54, 1.807) is 23.7 Å². The maximum atomic E-state index is 13.3. The number of likely N-dealkylation sites (N-methyl/N-ethyl adjacent to an activating group) is 1. The summed E-state index contributed by atoms with van der Waals surface area (Å²) in [5.41, 5.74) is 4.75. The summed E-state index contributed by atoms with van der Waals surface area (Å²) >= 11 is 1.37. The Morgan fingerprint density at radius 3 is 2.32 bits per heavy atom. The first-order chi connectivity index (χ1) is 14.7. The molecule has 0 spiro atoms. The number of carbonyl (C=O) groups excluding carboxylic acids is 2. The van der Waals surface area contributed by atoms with Crippen LogP contribution in [0.2, 0.25) is 0 Å². The molecule has 0 aliphatic heterocycles. The number of rotatable bonds is 6. The highest BCUT2D eigenvalue weighted by atomic mass is 32.2. The number of amides is 2. The fraction of sp³-hybridized carbons (Fsp3) is 0.261. The molecule has 3 rings (SSSR count). The molecule has 0 bridgehead atoms. The summed E-state index contributed by atoms with van der Waals surface area (Å²) in [5.74, 6) is -1.01. The molecule has 31 heavy (non-hydrogen) atoms. The molecule has 0 aliphatic carbocycles. The molecule has 0 atom stereocenters. The van der Waals surface area contributed by atoms with Crippen LogP contribution in [0, 0.1) is 26.6 Å². The summed E-state index contributed by atoms with van der Waals surface area (Å²) in [5, 5.41) is 3.51. The van der Waals surface area contributed by atoms with Gasteiger partial charge < -0.3 is 10.2 Å². The lowest BCUT2D eigenvalue weighted by Crippen LogP contribution is -2.36. The van der Waals surface area contributed by atoms with Crippen LogP contribution in [0.4, 0.5) is 10.1 Å². The van der Waals surface area contributed by atoms with E-state index < -0.39 is 0 Å². The Bertz CT molecular complexity index is 1100. The molecule has 0 radical (unpaired) electrons. The minimum absolute atomic E-state index is 0.116. The van der Waals surface area contributed by atoms with Crippen LogP contribution in [0.25, 0.3) is 5.69 Å². The van der Waals surface area contributed by atoms with Crippen molar-refractivity contribution in [3.8, 4) is 5.69 Å². The zero-order valence-corrected chi connectivity index (χ0v) is 19.0. The molecule has 0 aliphatic rings. The topological polar surface area (TPSA) is 67.2 Å². The lowest BCUT2D eigenvalue weighted by atomic mass is 10.1. The molecule has 2 aromatic carbocycles. The molecule has 0 unspecified atom stereocenters. The predicted octanol–water partition coefficient (Wildman–Crippen LogP) is 4.37. The molecule has 0 saturated carbocycles. The molecule has 2 amide bonds. The maximum Gasteiger partial charge on any atom is 0.272 e. The van der Waals surface area contributed by atoms with Crippen LogP contribution in [0.5, 0.6) is 0 Å². The lowest BCUT2D eigenvalue weighted by Gasteiger charge is -2.19. The van der Waals surface area contributed by atoms with Gasteiger partial charge in [-0.15, -0.1) is 0 Å². The van der Waals surface area contributed by atoms with Gasteiger partial charge in [0.15, 0.2) is 5.16 Å². The minimum Gasteiger partial charge on any atom is -0.331 e. The van der Waals surface area contributed by atoms with E-state index in [1.165, 1.54) is 35.0 Å². The molecule has 1 N–H and O–H groups in total. The van der Waals surface area contributed by atoms with Gasteiger partial charge in [0, 0.05) is 18.4 Å². The maximum absolute atomic E-state index is 13.3. The SMILES string of the molecule is CSc1ncc(C(=O)N(C)CC(=O)Nc2c(C)cc(C)cc2C)n1-c1ccc(F)cc1. The van der Waals surface area contributed by atoms with E-state index >= 15 is 0 Å². The van der Waals surface area contributed by atoms with Gasteiger partial charge in [0.05, 0.1) is 12.7 Å². The highest BCUT2D eigenvalue weighted by Crippen LogP contribution is 2.24. The first-order valence-corrected chi connectivity index (χ1v) is 10.9. The third-order valence-electron chi connectivity index (χ3n) is 4.88. The number of hydrogen-bond acceptors (Lipinski definition) is 4. The van der Waals surface area contributed by atoms with Crippen molar-refractivity contribution in [3.05, 3.63) is 70.8 Å². The Balaban J connectivity index is 1.80. The second-order valence-electron chi connectivity index (χ2n) is 7.43. The van der Waals surface area contributed by atoms with Crippen molar-refractivity contribution in [1.29, 1.82) is 0 Å². The summed E-state index contributed by atoms with van der Waals surface area (Å²) in [4.78, 5) is 31.4. The van der Waals surface area contributed by atoms with Gasteiger partial charge in [0.2, 0.25) is 5.91 Å². The number of benzene rings is 2. The van der Waals surface area contributed by atoms with E-state index in [-0.39, 0.29) is 24.2 Å². The molecule has 1 aromatic heterocycles. The number of nitrogens with one attached hydrogen (secondary N) is 1. The Kier molecular flexibility index (Phi) is 6.80. The lowest BCUT2D eigenvalue weighted by molar-refractivity contribution is -0.116. The van der Waals surface area contributed by atoms with E-state index in [4.69, 9.17) is 0 Å². The largest absolute Gasteiger partial charge is 0.331 e. The highest BCUT2D eigenvalue weighted by Gasteiger charge is 2.22. The Labute approximate surface area is 185 Å². The van der Waals surface area contributed by atoms with Crippen LogP contribution < -0.4 is 5.32 Å². The van der Waals surface area contributed by atoms with Crippen LogP contribution in [0.1, 0.15) is 27.2 Å². The van der Waals surface area contributed by atoms with Crippen molar-refractivity contribution in [3.63, 3.8) is 0 Å². The zero-order chi connectivity index (χ0) is 22.7. The number of thioether (sulfide) groups is 1. The molecule has 0 fully saturated rings. The van der Waals surface area contributed by atoms with Gasteiger partial charge in [-0.25, -0.2) is 9.37 Å². The molecular formula is C23H25FN4O2S. The Morgan fingerprint density at radius 2 is 1.74 bits per heavy atom. The third-order valence-corrected chi connectivity index (χ3v) is 5.54. The average Bonchev–Trinajstić information content (AvgIpc) is 3.14. The summed E-state index contributed by atoms with van der Waals surface area (Å²) < 4.78 is 15.0. The monoisotopic (exact) mass is 440 g/mol. The molecule has 6 nitrogen and oxygen atoms in total. The summed E-state index contributed by atoms with van der Waals surface area (Å²) in [6.07, 6.45) is 3.32. The first-order valence-electron chi connectivity index (χ1n) is 9.72. The quantitative estimate of drug-likeness (QED) is 0.578. The van der Waals surface area contributed by atoms with Crippen molar-refractivity contribution in [2.45, 2.75) is 25.9 Å². The van der Waals surface area contributed by atoms with Crippen molar-refractivity contribution in [2.24, 2.45) is 0 Å². The fourth-order valence-electron chi connectivity index (χ4n) is 3.51. The molecule has 162 valence electrons. The Hall–Kier alpha value is -3.13. The average molecular weight is 441 g/mol. The normalized spacial score (nSPS) is 10.8. The molecule has 0 saturated heterocycles. The van der Waals surface area contributed by atoms with E-state index in [0.717, 1.165) is 22.4 Å². The van der Waals surface area contributed by atoms with Gasteiger partial charge in [-0.05, 0) is 62.4 Å². The fourth-order valence-corrected chi connectivity index (χ4v) is 4.05. The number of hydrogen-bond donors (Lipinski definition) is 1. The standard InChI is InChI=1S/C23H25FN4O2S/c1-14-10-15(2)21(16(3)11-14)26-20(29)13-27(4)22(30)19-12-25-23(31-5)28(19)18-8-6-17(24)7-9-18/h6-12H,13H2,1-5H3,(H,26,29). The predicted molar refractivity (Wildman–Crippen MR) is 122 cm³/mol. The second-order valence-corrected chi connectivity index (χ2v) is 8.20. The zero-order valence-electron chi connectivity index (χ0n) is 18.2. The van der Waals surface area contributed by atoms with Crippen molar-refractivity contribution in [1.82, 2.24) is 14.5 Å². The van der Waals surface area contributed by atoms with Gasteiger partial charge in [-0.3, -0.25) is 14.2 Å². The van der Waals surface area contributed by atoms with Crippen LogP contribution in [0.15, 0.2) is 47.8 Å². The van der Waals surface area contributed by atoms with Crippen molar-refractivity contribution < 1.29 is 14.0 Å². The van der Waals surface area contributed by atoms with Gasteiger partial charge >= 0.3 is 0 Å². The number of aromatic nitrogens is 2. The number of nitrogens with zero attached hydrogens (tertiary/aromatic N) is 3. The minimum atomic E-state index is -0.363. The molecule has 1 heterocycles. The van der Waals surface area contributed by atoms with Crippen LogP contribution in [0.3, 0.4) is 0 Å². The molecule has 3 aromatic rings. The Morgan fingerprint density at radius 1 is 1.13 bits per heavy atom. The summed E-state index contributed by atoms with van der Waals surface area (Å²) in [6.45, 7) is 5.77. The number of carbonyl (C=O) groups is 2. The van der Waals surface area contributed by atoms with Crippen LogP contribution >= 0.6 is 11.8 Å². The van der Waals surface area contributed by atoms with Gasteiger partial charge in [0.25, 0.3) is 5.91 Å². The smallest absolute Gasteiger partial charge is 0.272 e. The van der Waals surface area contributed by atoms with Gasteiger partial charge in [-0.1, -0.05) is 29.5 Å². The molecular weight excluding hydrogens is 415 g/mol. The molecule has 8 heteroatoms. The number of halogens is 1. The summed E-state index contributed by atoms with van der Waals surface area (Å²) in [6, 6.07) is 9.84. The van der Waals surface area contributed by atoms with Gasteiger partial charge in [-0.2, -0.15) is 0 Å².